The molecular formula is C22H20ClN3O4S2. The van der Waals surface area contributed by atoms with Crippen molar-refractivity contribution in [2.45, 2.75) is 12.8 Å². The Labute approximate surface area is 200 Å². The number of nitrogens with zero attached hydrogens (tertiary/aromatic N) is 1. The molecule has 2 aromatic carbocycles. The molecule has 1 saturated heterocycles. The number of nitrogens with one attached hydrogen (secondary N) is 2. The Balaban J connectivity index is 1.48. The average molecular weight is 490 g/mol. The lowest BCUT2D eigenvalue weighted by Crippen LogP contribution is -2.42. The van der Waals surface area contributed by atoms with Crippen LogP contribution in [0.25, 0.3) is 6.08 Å². The summed E-state index contributed by atoms with van der Waals surface area (Å²) in [4.78, 5) is 38.8. The van der Waals surface area contributed by atoms with Gasteiger partial charge in [-0.05, 0) is 42.3 Å². The number of benzene rings is 2. The number of hydrogen-bond acceptors (Lipinski definition) is 6. The number of hydrogen-bond donors (Lipinski definition) is 2. The predicted molar refractivity (Wildman–Crippen MR) is 129 cm³/mol. The molecule has 7 nitrogen and oxygen atoms in total. The predicted octanol–water partition coefficient (Wildman–Crippen LogP) is 3.79. The summed E-state index contributed by atoms with van der Waals surface area (Å²) < 4.78 is 5.64. The Bertz CT molecular complexity index is 1090. The van der Waals surface area contributed by atoms with E-state index in [2.05, 4.69) is 10.9 Å². The van der Waals surface area contributed by atoms with E-state index in [1.807, 2.05) is 24.3 Å². The molecular weight excluding hydrogens is 470 g/mol. The lowest BCUT2D eigenvalue weighted by atomic mass is 10.2. The summed E-state index contributed by atoms with van der Waals surface area (Å²) in [5, 5.41) is 0.288. The van der Waals surface area contributed by atoms with E-state index in [1.165, 1.54) is 16.7 Å². The van der Waals surface area contributed by atoms with Crippen LogP contribution in [0.1, 0.15) is 28.8 Å². The average Bonchev–Trinajstić information content (AvgIpc) is 3.05. The van der Waals surface area contributed by atoms with E-state index in [-0.39, 0.29) is 28.8 Å². The molecule has 10 heteroatoms. The highest BCUT2D eigenvalue weighted by molar-refractivity contribution is 8.26. The summed E-state index contributed by atoms with van der Waals surface area (Å²) in [6.45, 7) is 0.298. The van der Waals surface area contributed by atoms with E-state index in [0.29, 0.717) is 27.9 Å². The van der Waals surface area contributed by atoms with Crippen molar-refractivity contribution in [3.63, 3.8) is 0 Å². The summed E-state index contributed by atoms with van der Waals surface area (Å²) in [6, 6.07) is 13.9. The van der Waals surface area contributed by atoms with Gasteiger partial charge in [0.1, 0.15) is 10.1 Å². The van der Waals surface area contributed by atoms with Gasteiger partial charge in [-0.1, -0.05) is 59.8 Å². The number of rotatable bonds is 7. The third-order valence-corrected chi connectivity index (χ3v) is 6.19. The lowest BCUT2D eigenvalue weighted by molar-refractivity contribution is -0.124. The zero-order valence-corrected chi connectivity index (χ0v) is 19.5. The maximum Gasteiger partial charge on any atom is 0.271 e. The van der Waals surface area contributed by atoms with Crippen LogP contribution in [-0.4, -0.2) is 40.6 Å². The van der Waals surface area contributed by atoms with Crippen LogP contribution in [0.4, 0.5) is 0 Å². The zero-order chi connectivity index (χ0) is 23.1. The number of hydrazine groups is 1. The number of amides is 3. The SMILES string of the molecule is COc1cccc(C=C2SC(=S)N(CCCC(=O)NNC(=O)c3ccccc3Cl)C2=O)c1. The summed E-state index contributed by atoms with van der Waals surface area (Å²) in [7, 11) is 1.58. The van der Waals surface area contributed by atoms with Crippen LogP contribution in [0.3, 0.4) is 0 Å². The molecule has 0 radical (unpaired) electrons. The fraction of sp³-hybridized carbons (Fsp3) is 0.182. The standard InChI is InChI=1S/C22H20ClN3O4S2/c1-30-15-7-4-6-14(12-15)13-18-21(29)26(22(31)32-18)11-5-10-19(27)24-25-20(28)16-8-2-3-9-17(16)23/h2-4,6-9,12-13H,5,10-11H2,1H3,(H,24,27)(H,25,28). The Kier molecular flexibility index (Phi) is 8.26. The highest BCUT2D eigenvalue weighted by Crippen LogP contribution is 2.33. The fourth-order valence-corrected chi connectivity index (χ4v) is 4.40. The van der Waals surface area contributed by atoms with E-state index in [4.69, 9.17) is 28.6 Å². The first-order valence-electron chi connectivity index (χ1n) is 9.62. The number of carbonyl (C=O) groups is 3. The van der Waals surface area contributed by atoms with Crippen LogP contribution < -0.4 is 15.6 Å². The van der Waals surface area contributed by atoms with Crippen LogP contribution in [0.15, 0.2) is 53.4 Å². The number of methoxy groups -OCH3 is 1. The van der Waals surface area contributed by atoms with Gasteiger partial charge in [0, 0.05) is 13.0 Å². The molecule has 0 saturated carbocycles. The number of ether oxygens (including phenoxy) is 1. The molecule has 0 atom stereocenters. The second kappa shape index (κ2) is 11.1. The molecule has 3 rings (SSSR count). The third-order valence-electron chi connectivity index (χ3n) is 4.48. The number of thioether (sulfide) groups is 1. The lowest BCUT2D eigenvalue weighted by Gasteiger charge is -2.14. The minimum absolute atomic E-state index is 0.106. The van der Waals surface area contributed by atoms with Gasteiger partial charge in [0.25, 0.3) is 11.8 Å². The van der Waals surface area contributed by atoms with E-state index in [0.717, 1.165) is 5.56 Å². The smallest absolute Gasteiger partial charge is 0.271 e. The first-order valence-corrected chi connectivity index (χ1v) is 11.2. The van der Waals surface area contributed by atoms with Crippen LogP contribution in [0.5, 0.6) is 5.75 Å². The van der Waals surface area contributed by atoms with Gasteiger partial charge in [0.2, 0.25) is 5.91 Å². The van der Waals surface area contributed by atoms with Crippen molar-refractivity contribution in [3.05, 3.63) is 69.6 Å². The van der Waals surface area contributed by atoms with Gasteiger partial charge in [-0.25, -0.2) is 0 Å². The van der Waals surface area contributed by atoms with Crippen LogP contribution in [0.2, 0.25) is 5.02 Å². The molecule has 1 aliphatic heterocycles. The molecule has 2 aromatic rings. The zero-order valence-electron chi connectivity index (χ0n) is 17.1. The van der Waals surface area contributed by atoms with Crippen LogP contribution in [-0.2, 0) is 9.59 Å². The number of carbonyl (C=O) groups excluding carboxylic acids is 3. The molecule has 0 aromatic heterocycles. The molecule has 1 fully saturated rings. The van der Waals surface area contributed by atoms with Gasteiger partial charge in [-0.2, -0.15) is 0 Å². The summed E-state index contributed by atoms with van der Waals surface area (Å²) in [6.07, 6.45) is 2.25. The quantitative estimate of drug-likeness (QED) is 0.349. The van der Waals surface area contributed by atoms with Gasteiger partial charge in [0.15, 0.2) is 0 Å². The molecule has 0 bridgehead atoms. The van der Waals surface area contributed by atoms with Crippen LogP contribution in [0, 0.1) is 0 Å². The minimum atomic E-state index is -0.511. The first kappa shape index (κ1) is 23.8. The molecule has 32 heavy (non-hydrogen) atoms. The highest BCUT2D eigenvalue weighted by Gasteiger charge is 2.31. The van der Waals surface area contributed by atoms with Crippen molar-refractivity contribution in [1.29, 1.82) is 0 Å². The first-order chi connectivity index (χ1) is 15.4. The molecule has 0 spiro atoms. The van der Waals surface area contributed by atoms with Crippen molar-refractivity contribution < 1.29 is 19.1 Å². The number of thiocarbonyl (C=S) groups is 1. The van der Waals surface area contributed by atoms with E-state index in [9.17, 15) is 14.4 Å². The Morgan fingerprint density at radius 3 is 2.72 bits per heavy atom. The van der Waals surface area contributed by atoms with E-state index >= 15 is 0 Å². The van der Waals surface area contributed by atoms with Crippen LogP contribution >= 0.6 is 35.6 Å². The summed E-state index contributed by atoms with van der Waals surface area (Å²) in [5.41, 5.74) is 5.76. The van der Waals surface area contributed by atoms with Crippen molar-refractivity contribution in [2.24, 2.45) is 0 Å². The maximum atomic E-state index is 12.7. The van der Waals surface area contributed by atoms with Crippen molar-refractivity contribution in [2.75, 3.05) is 13.7 Å². The van der Waals surface area contributed by atoms with Crippen molar-refractivity contribution in [1.82, 2.24) is 15.8 Å². The molecule has 0 unspecified atom stereocenters. The Morgan fingerprint density at radius 1 is 1.19 bits per heavy atom. The third kappa shape index (κ3) is 6.09. The summed E-state index contributed by atoms with van der Waals surface area (Å²) >= 11 is 12.5. The molecule has 1 heterocycles. The van der Waals surface area contributed by atoms with Gasteiger partial charge < -0.3 is 4.74 Å². The normalized spacial score (nSPS) is 14.6. The molecule has 3 amide bonds. The van der Waals surface area contributed by atoms with Gasteiger partial charge in [0.05, 0.1) is 22.6 Å². The molecule has 166 valence electrons. The van der Waals surface area contributed by atoms with Gasteiger partial charge >= 0.3 is 0 Å². The van der Waals surface area contributed by atoms with E-state index in [1.54, 1.807) is 37.5 Å². The van der Waals surface area contributed by atoms with Crippen molar-refractivity contribution >= 4 is 63.7 Å². The van der Waals surface area contributed by atoms with E-state index < -0.39 is 5.91 Å². The molecule has 0 aliphatic carbocycles. The largest absolute Gasteiger partial charge is 0.497 e. The van der Waals surface area contributed by atoms with Gasteiger partial charge in [-0.3, -0.25) is 30.1 Å². The highest BCUT2D eigenvalue weighted by atomic mass is 35.5. The van der Waals surface area contributed by atoms with Gasteiger partial charge in [-0.15, -0.1) is 0 Å². The Hall–Kier alpha value is -2.88. The fourth-order valence-electron chi connectivity index (χ4n) is 2.87. The molecule has 1 aliphatic rings. The monoisotopic (exact) mass is 489 g/mol. The Morgan fingerprint density at radius 2 is 1.97 bits per heavy atom. The molecule has 2 N–H and O–H groups in total. The summed E-state index contributed by atoms with van der Waals surface area (Å²) in [5.74, 6) is -0.400. The second-order valence-electron chi connectivity index (χ2n) is 6.70. The van der Waals surface area contributed by atoms with Crippen molar-refractivity contribution in [3.8, 4) is 5.75 Å². The number of halogens is 1. The second-order valence-corrected chi connectivity index (χ2v) is 8.78. The maximum absolute atomic E-state index is 12.7. The minimum Gasteiger partial charge on any atom is -0.497 e. The topological polar surface area (TPSA) is 87.7 Å².